The van der Waals surface area contributed by atoms with Gasteiger partial charge >= 0.3 is 0 Å². The predicted molar refractivity (Wildman–Crippen MR) is 111 cm³/mol. The molecular weight excluding hydrogens is 435 g/mol. The van der Waals surface area contributed by atoms with Crippen LogP contribution in [0.25, 0.3) is 0 Å². The molecule has 0 radical (unpaired) electrons. The number of nitrogens with zero attached hydrogens (tertiary/aromatic N) is 1. The Morgan fingerprint density at radius 1 is 1.28 bits per heavy atom. The molecule has 8 heteroatoms. The van der Waals surface area contributed by atoms with Crippen LogP contribution in [0.1, 0.15) is 24.2 Å². The topological polar surface area (TPSA) is 84.0 Å². The fraction of sp³-hybridized carbons (Fsp3) is 0.529. The minimum Gasteiger partial charge on any atom is -0.497 e. The average Bonchev–Trinajstić information content (AvgIpc) is 2.58. The maximum absolute atomic E-state index is 12.1. The van der Waals surface area contributed by atoms with Crippen molar-refractivity contribution in [1.29, 1.82) is 0 Å². The summed E-state index contributed by atoms with van der Waals surface area (Å²) in [5.74, 6) is 1.22. The largest absolute Gasteiger partial charge is 0.497 e. The molecule has 1 unspecified atom stereocenters. The van der Waals surface area contributed by atoms with Crippen molar-refractivity contribution in [3.8, 4) is 5.75 Å². The summed E-state index contributed by atoms with van der Waals surface area (Å²) in [6.45, 7) is 6.30. The highest BCUT2D eigenvalue weighted by atomic mass is 127. The molecule has 25 heavy (non-hydrogen) atoms. The van der Waals surface area contributed by atoms with E-state index < -0.39 is 0 Å². The average molecular weight is 464 g/mol. The van der Waals surface area contributed by atoms with Crippen LogP contribution >= 0.6 is 24.0 Å². The van der Waals surface area contributed by atoms with Gasteiger partial charge in [0.1, 0.15) is 5.75 Å². The highest BCUT2D eigenvalue weighted by Crippen LogP contribution is 2.12. The first kappa shape index (κ1) is 23.4. The van der Waals surface area contributed by atoms with Gasteiger partial charge in [0.15, 0.2) is 5.96 Å². The second kappa shape index (κ2) is 13.7. The van der Waals surface area contributed by atoms with Crippen LogP contribution in [0, 0.1) is 0 Å². The Morgan fingerprint density at radius 3 is 2.68 bits per heavy atom. The van der Waals surface area contributed by atoms with Crippen molar-refractivity contribution < 1.29 is 14.3 Å². The molecular formula is C17H29IN4O3. The summed E-state index contributed by atoms with van der Waals surface area (Å²) in [5, 5.41) is 9.24. The van der Waals surface area contributed by atoms with Crippen molar-refractivity contribution in [1.82, 2.24) is 16.0 Å². The number of benzene rings is 1. The molecule has 142 valence electrons. The maximum atomic E-state index is 12.1. The molecule has 0 spiro atoms. The van der Waals surface area contributed by atoms with Crippen LogP contribution < -0.4 is 20.7 Å². The van der Waals surface area contributed by atoms with E-state index in [2.05, 4.69) is 20.9 Å². The highest BCUT2D eigenvalue weighted by molar-refractivity contribution is 14.0. The van der Waals surface area contributed by atoms with Crippen LogP contribution in [-0.2, 0) is 4.74 Å². The lowest BCUT2D eigenvalue weighted by Crippen LogP contribution is -2.44. The summed E-state index contributed by atoms with van der Waals surface area (Å²) in [7, 11) is 3.24. The van der Waals surface area contributed by atoms with E-state index in [-0.39, 0.29) is 35.9 Å². The molecule has 0 saturated carbocycles. The number of methoxy groups -OCH3 is 2. The molecule has 0 aromatic heterocycles. The van der Waals surface area contributed by atoms with Gasteiger partial charge in [-0.25, -0.2) is 0 Å². The predicted octanol–water partition coefficient (Wildman–Crippen LogP) is 1.63. The molecule has 1 aromatic rings. The first-order valence-electron chi connectivity index (χ1n) is 8.06. The first-order valence-corrected chi connectivity index (χ1v) is 8.06. The van der Waals surface area contributed by atoms with Crippen molar-refractivity contribution in [3.63, 3.8) is 0 Å². The Kier molecular flexibility index (Phi) is 12.9. The third kappa shape index (κ3) is 9.49. The number of aliphatic imine (C=N–C) groups is 1. The van der Waals surface area contributed by atoms with Crippen molar-refractivity contribution in [2.24, 2.45) is 4.99 Å². The van der Waals surface area contributed by atoms with Crippen LogP contribution in [0.3, 0.4) is 0 Å². The normalized spacial score (nSPS) is 11.9. The number of nitrogens with one attached hydrogen (secondary N) is 3. The van der Waals surface area contributed by atoms with E-state index in [9.17, 15) is 4.79 Å². The number of carbonyl (C=O) groups is 1. The van der Waals surface area contributed by atoms with E-state index in [1.54, 1.807) is 38.5 Å². The molecule has 1 aromatic carbocycles. The van der Waals surface area contributed by atoms with Crippen LogP contribution in [0.5, 0.6) is 5.75 Å². The smallest absolute Gasteiger partial charge is 0.251 e. The molecule has 3 N–H and O–H groups in total. The SMILES string of the molecule is CCNC(=NCCNC(=O)c1cccc(OC)c1)NC(C)COC.I. The standard InChI is InChI=1S/C17H28N4O3.HI/c1-5-18-17(21-13(2)12-23-3)20-10-9-19-16(22)14-7-6-8-15(11-14)24-4;/h6-8,11,13H,5,9-10,12H2,1-4H3,(H,19,22)(H2,18,20,21);1H. The first-order chi connectivity index (χ1) is 11.6. The molecule has 0 aliphatic carbocycles. The van der Waals surface area contributed by atoms with E-state index in [4.69, 9.17) is 9.47 Å². The summed E-state index contributed by atoms with van der Waals surface area (Å²) in [5.41, 5.74) is 0.567. The number of rotatable bonds is 9. The Morgan fingerprint density at radius 2 is 2.04 bits per heavy atom. The van der Waals surface area contributed by atoms with Gasteiger partial charge < -0.3 is 25.4 Å². The summed E-state index contributed by atoms with van der Waals surface area (Å²) in [6, 6.07) is 7.20. The second-order valence-corrected chi connectivity index (χ2v) is 5.25. The number of halogens is 1. The second-order valence-electron chi connectivity index (χ2n) is 5.25. The van der Waals surface area contributed by atoms with E-state index >= 15 is 0 Å². The molecule has 0 fully saturated rings. The van der Waals surface area contributed by atoms with Crippen molar-refractivity contribution >= 4 is 35.8 Å². The summed E-state index contributed by atoms with van der Waals surface area (Å²) >= 11 is 0. The highest BCUT2D eigenvalue weighted by Gasteiger charge is 2.06. The number of hydrogen-bond donors (Lipinski definition) is 3. The van der Waals surface area contributed by atoms with Gasteiger partial charge in [-0.3, -0.25) is 9.79 Å². The molecule has 0 bridgehead atoms. The fourth-order valence-electron chi connectivity index (χ4n) is 2.05. The van der Waals surface area contributed by atoms with Crippen LogP contribution in [-0.4, -0.2) is 58.4 Å². The molecule has 0 aliphatic heterocycles. The van der Waals surface area contributed by atoms with Gasteiger partial charge in [0.25, 0.3) is 5.91 Å². The van der Waals surface area contributed by atoms with Gasteiger partial charge in [0, 0.05) is 31.8 Å². The molecule has 7 nitrogen and oxygen atoms in total. The Labute approximate surface area is 167 Å². The number of carbonyl (C=O) groups excluding carboxylic acids is 1. The van der Waals surface area contributed by atoms with E-state index in [0.29, 0.717) is 37.0 Å². The van der Waals surface area contributed by atoms with Gasteiger partial charge in [-0.1, -0.05) is 6.07 Å². The quantitative estimate of drug-likeness (QED) is 0.224. The van der Waals surface area contributed by atoms with Crippen molar-refractivity contribution in [2.75, 3.05) is 40.5 Å². The van der Waals surface area contributed by atoms with E-state index in [1.807, 2.05) is 13.8 Å². The van der Waals surface area contributed by atoms with Gasteiger partial charge in [0.05, 0.1) is 20.3 Å². The van der Waals surface area contributed by atoms with E-state index in [0.717, 1.165) is 6.54 Å². The molecule has 0 aliphatic rings. The third-order valence-corrected chi connectivity index (χ3v) is 3.14. The number of hydrogen-bond acceptors (Lipinski definition) is 4. The zero-order valence-electron chi connectivity index (χ0n) is 15.3. The van der Waals surface area contributed by atoms with Crippen molar-refractivity contribution in [2.45, 2.75) is 19.9 Å². The van der Waals surface area contributed by atoms with Crippen LogP contribution in [0.2, 0.25) is 0 Å². The number of amides is 1. The van der Waals surface area contributed by atoms with Crippen LogP contribution in [0.4, 0.5) is 0 Å². The summed E-state index contributed by atoms with van der Waals surface area (Å²) in [4.78, 5) is 16.5. The third-order valence-electron chi connectivity index (χ3n) is 3.14. The van der Waals surface area contributed by atoms with Crippen molar-refractivity contribution in [3.05, 3.63) is 29.8 Å². The van der Waals surface area contributed by atoms with Gasteiger partial charge in [-0.15, -0.1) is 24.0 Å². The molecule has 0 heterocycles. The van der Waals surface area contributed by atoms with Gasteiger partial charge in [-0.2, -0.15) is 0 Å². The lowest BCUT2D eigenvalue weighted by Gasteiger charge is -2.17. The van der Waals surface area contributed by atoms with Gasteiger partial charge in [-0.05, 0) is 32.0 Å². The monoisotopic (exact) mass is 464 g/mol. The summed E-state index contributed by atoms with van der Waals surface area (Å²) in [6.07, 6.45) is 0. The maximum Gasteiger partial charge on any atom is 0.251 e. The van der Waals surface area contributed by atoms with Gasteiger partial charge in [0.2, 0.25) is 0 Å². The lowest BCUT2D eigenvalue weighted by atomic mass is 10.2. The zero-order chi connectivity index (χ0) is 17.8. The molecule has 1 amide bonds. The Hall–Kier alpha value is -1.55. The van der Waals surface area contributed by atoms with Crippen LogP contribution in [0.15, 0.2) is 29.3 Å². The fourth-order valence-corrected chi connectivity index (χ4v) is 2.05. The lowest BCUT2D eigenvalue weighted by molar-refractivity contribution is 0.0954. The number of guanidine groups is 1. The molecule has 0 saturated heterocycles. The molecule has 1 rings (SSSR count). The minimum absolute atomic E-state index is 0. The Balaban J connectivity index is 0.00000576. The minimum atomic E-state index is -0.144. The number of ether oxygens (including phenoxy) is 2. The van der Waals surface area contributed by atoms with E-state index in [1.165, 1.54) is 0 Å². The summed E-state index contributed by atoms with van der Waals surface area (Å²) < 4.78 is 10.2. The Bertz CT molecular complexity index is 540. The molecule has 1 atom stereocenters. The zero-order valence-corrected chi connectivity index (χ0v) is 17.6.